The molecule has 0 aliphatic carbocycles. The first-order valence-electron chi connectivity index (χ1n) is 3.88. The van der Waals surface area contributed by atoms with Gasteiger partial charge in [-0.15, -0.1) is 11.8 Å². The zero-order valence-electron chi connectivity index (χ0n) is 6.79. The molecule has 0 N–H and O–H groups in total. The lowest BCUT2D eigenvalue weighted by atomic mass is 10.0. The third-order valence-corrected chi connectivity index (χ3v) is 3.39. The summed E-state index contributed by atoms with van der Waals surface area (Å²) in [6.07, 6.45) is 0. The zero-order chi connectivity index (χ0) is 9.26. The van der Waals surface area contributed by atoms with Crippen molar-refractivity contribution in [3.63, 3.8) is 0 Å². The van der Waals surface area contributed by atoms with Crippen LogP contribution in [0.3, 0.4) is 0 Å². The number of fused-ring (bicyclic) bond motifs is 1. The molecule has 2 rings (SSSR count). The van der Waals surface area contributed by atoms with Crippen LogP contribution >= 0.6 is 23.4 Å². The van der Waals surface area contributed by atoms with E-state index in [2.05, 4.69) is 0 Å². The Balaban J connectivity index is 2.51. The van der Waals surface area contributed by atoms with E-state index in [1.165, 1.54) is 17.3 Å². The van der Waals surface area contributed by atoms with Crippen LogP contribution in [0.2, 0.25) is 0 Å². The topological polar surface area (TPSA) is 17.1 Å². The molecule has 0 unspecified atom stereocenters. The third kappa shape index (κ3) is 1.52. The van der Waals surface area contributed by atoms with Crippen LogP contribution in [-0.4, -0.2) is 5.78 Å². The van der Waals surface area contributed by atoms with Crippen LogP contribution in [-0.2, 0) is 5.75 Å². The number of benzene rings is 1. The first-order valence-corrected chi connectivity index (χ1v) is 5.31. The highest BCUT2D eigenvalue weighted by molar-refractivity contribution is 8.03. The summed E-state index contributed by atoms with van der Waals surface area (Å²) in [5, 5.41) is 0. The Morgan fingerprint density at radius 2 is 2.15 bits per heavy atom. The second-order valence-electron chi connectivity index (χ2n) is 2.75. The van der Waals surface area contributed by atoms with E-state index < -0.39 is 0 Å². The fourth-order valence-corrected chi connectivity index (χ4v) is 2.46. The Labute approximate surface area is 85.8 Å². The minimum absolute atomic E-state index is 0.0434. The molecule has 66 valence electrons. The Bertz CT molecular complexity index is 384. The number of hydrogen-bond donors (Lipinski definition) is 0. The maximum Gasteiger partial charge on any atom is 0.200 e. The number of thioether (sulfide) groups is 1. The van der Waals surface area contributed by atoms with Gasteiger partial charge in [-0.3, -0.25) is 4.79 Å². The first-order chi connectivity index (χ1) is 6.33. The average molecular weight is 211 g/mol. The van der Waals surface area contributed by atoms with Gasteiger partial charge in [0, 0.05) is 16.9 Å². The SMILES string of the molecule is O=C1C(=CCl)SCc2ccccc21. The van der Waals surface area contributed by atoms with Gasteiger partial charge in [0.1, 0.15) is 0 Å². The summed E-state index contributed by atoms with van der Waals surface area (Å²) in [4.78, 5) is 12.3. The van der Waals surface area contributed by atoms with Gasteiger partial charge < -0.3 is 0 Å². The Morgan fingerprint density at radius 3 is 2.92 bits per heavy atom. The second kappa shape index (κ2) is 3.56. The summed E-state index contributed by atoms with van der Waals surface area (Å²) in [6.45, 7) is 0. The van der Waals surface area contributed by atoms with Gasteiger partial charge in [0.05, 0.1) is 4.91 Å². The fourth-order valence-electron chi connectivity index (χ4n) is 1.30. The lowest BCUT2D eigenvalue weighted by molar-refractivity contribution is 0.104. The van der Waals surface area contributed by atoms with E-state index in [1.807, 2.05) is 24.3 Å². The summed E-state index contributed by atoms with van der Waals surface area (Å²) in [5.41, 5.74) is 3.25. The highest BCUT2D eigenvalue weighted by Crippen LogP contribution is 2.32. The van der Waals surface area contributed by atoms with Gasteiger partial charge in [-0.2, -0.15) is 0 Å². The van der Waals surface area contributed by atoms with E-state index >= 15 is 0 Å². The molecule has 1 aliphatic rings. The second-order valence-corrected chi connectivity index (χ2v) is 3.98. The number of carbonyl (C=O) groups excluding carboxylic acids is 1. The summed E-state index contributed by atoms with van der Waals surface area (Å²) in [6, 6.07) is 7.64. The normalized spacial score (nSPS) is 18.8. The van der Waals surface area contributed by atoms with Gasteiger partial charge in [0.25, 0.3) is 0 Å². The largest absolute Gasteiger partial charge is 0.288 e. The van der Waals surface area contributed by atoms with Gasteiger partial charge in [-0.05, 0) is 5.56 Å². The minimum atomic E-state index is 0.0434. The number of halogens is 1. The maximum atomic E-state index is 11.7. The van der Waals surface area contributed by atoms with Gasteiger partial charge in [-0.1, -0.05) is 35.9 Å². The average Bonchev–Trinajstić information content (AvgIpc) is 2.19. The van der Waals surface area contributed by atoms with Crippen LogP contribution in [0.5, 0.6) is 0 Å². The molecule has 1 aromatic rings. The summed E-state index contributed by atoms with van der Waals surface area (Å²) >= 11 is 7.03. The highest BCUT2D eigenvalue weighted by Gasteiger charge is 2.21. The van der Waals surface area contributed by atoms with Crippen LogP contribution < -0.4 is 0 Å². The molecule has 0 saturated heterocycles. The molecule has 1 heterocycles. The molecule has 0 bridgehead atoms. The summed E-state index contributed by atoms with van der Waals surface area (Å²) < 4.78 is 0. The van der Waals surface area contributed by atoms with Crippen molar-refractivity contribution in [3.8, 4) is 0 Å². The van der Waals surface area contributed by atoms with Gasteiger partial charge >= 0.3 is 0 Å². The van der Waals surface area contributed by atoms with E-state index in [1.54, 1.807) is 0 Å². The smallest absolute Gasteiger partial charge is 0.200 e. The van der Waals surface area contributed by atoms with E-state index in [0.29, 0.717) is 4.91 Å². The van der Waals surface area contributed by atoms with E-state index in [0.717, 1.165) is 16.9 Å². The standard InChI is InChI=1S/C10H7ClOS/c11-5-9-10(12)8-4-2-1-3-7(8)6-13-9/h1-5H,6H2. The molecule has 1 nitrogen and oxygen atoms in total. The molecule has 1 aromatic carbocycles. The lowest BCUT2D eigenvalue weighted by Crippen LogP contribution is -2.09. The number of carbonyl (C=O) groups is 1. The van der Waals surface area contributed by atoms with Crippen molar-refractivity contribution in [2.45, 2.75) is 5.75 Å². The van der Waals surface area contributed by atoms with Crippen LogP contribution in [0, 0.1) is 0 Å². The van der Waals surface area contributed by atoms with Gasteiger partial charge in [-0.25, -0.2) is 0 Å². The highest BCUT2D eigenvalue weighted by atomic mass is 35.5. The van der Waals surface area contributed by atoms with Crippen LogP contribution in [0.4, 0.5) is 0 Å². The third-order valence-electron chi connectivity index (χ3n) is 1.97. The van der Waals surface area contributed by atoms with Crippen molar-refractivity contribution in [2.75, 3.05) is 0 Å². The molecule has 0 aromatic heterocycles. The minimum Gasteiger partial charge on any atom is -0.288 e. The summed E-state index contributed by atoms with van der Waals surface area (Å²) in [7, 11) is 0. The lowest BCUT2D eigenvalue weighted by Gasteiger charge is -2.15. The number of ketones is 1. The quantitative estimate of drug-likeness (QED) is 0.612. The monoisotopic (exact) mass is 210 g/mol. The molecule has 0 spiro atoms. The van der Waals surface area contributed by atoms with Crippen LogP contribution in [0.1, 0.15) is 15.9 Å². The van der Waals surface area contributed by atoms with Crippen molar-refractivity contribution < 1.29 is 4.79 Å². The van der Waals surface area contributed by atoms with Crippen molar-refractivity contribution >= 4 is 29.1 Å². The Morgan fingerprint density at radius 1 is 1.38 bits per heavy atom. The number of rotatable bonds is 0. The molecule has 1 aliphatic heterocycles. The first kappa shape index (κ1) is 8.85. The van der Waals surface area contributed by atoms with Crippen molar-refractivity contribution in [1.82, 2.24) is 0 Å². The predicted octanol–water partition coefficient (Wildman–Crippen LogP) is 3.20. The van der Waals surface area contributed by atoms with Gasteiger partial charge in [0.2, 0.25) is 5.78 Å². The van der Waals surface area contributed by atoms with Gasteiger partial charge in [0.15, 0.2) is 0 Å². The molecule has 0 atom stereocenters. The molecular weight excluding hydrogens is 204 g/mol. The molecule has 0 amide bonds. The van der Waals surface area contributed by atoms with E-state index in [4.69, 9.17) is 11.6 Å². The fraction of sp³-hybridized carbons (Fsp3) is 0.100. The Hall–Kier alpha value is -0.730. The number of Topliss-reactive ketones (excluding diaryl/α,β-unsaturated/α-hetero) is 1. The van der Waals surface area contributed by atoms with E-state index in [-0.39, 0.29) is 5.78 Å². The van der Waals surface area contributed by atoms with Crippen molar-refractivity contribution in [3.05, 3.63) is 45.8 Å². The van der Waals surface area contributed by atoms with Crippen molar-refractivity contribution in [1.29, 1.82) is 0 Å². The zero-order valence-corrected chi connectivity index (χ0v) is 8.36. The molecule has 0 fully saturated rings. The van der Waals surface area contributed by atoms with Crippen LogP contribution in [0.15, 0.2) is 34.7 Å². The predicted molar refractivity (Wildman–Crippen MR) is 56.0 cm³/mol. The molecular formula is C10H7ClOS. The molecule has 13 heavy (non-hydrogen) atoms. The van der Waals surface area contributed by atoms with Crippen molar-refractivity contribution in [2.24, 2.45) is 0 Å². The molecule has 0 saturated carbocycles. The number of hydrogen-bond acceptors (Lipinski definition) is 2. The molecule has 0 radical (unpaired) electrons. The Kier molecular flexibility index (Phi) is 2.42. The van der Waals surface area contributed by atoms with Crippen LogP contribution in [0.25, 0.3) is 0 Å². The number of allylic oxidation sites excluding steroid dienone is 1. The maximum absolute atomic E-state index is 11.7. The molecule has 3 heteroatoms. The van der Waals surface area contributed by atoms with E-state index in [9.17, 15) is 4.79 Å². The summed E-state index contributed by atoms with van der Waals surface area (Å²) in [5.74, 6) is 0.877.